The summed E-state index contributed by atoms with van der Waals surface area (Å²) in [5, 5.41) is 14.1. The Balaban J connectivity index is 2.08. The van der Waals surface area contributed by atoms with Gasteiger partial charge in [0.15, 0.2) is 0 Å². The van der Waals surface area contributed by atoms with Crippen molar-refractivity contribution < 1.29 is 27.3 Å². The van der Waals surface area contributed by atoms with Crippen molar-refractivity contribution in [3.63, 3.8) is 0 Å². The standard InChI is InChI=1S/C27H29FN4O6S/c1-19(2)29-27(34)20(3)30(17-21-10-7-8-15-25(21)28)26(33)18-31(22-11-9-12-23(16-22)32(35)36)39(37,38)24-13-5-4-6-14-24/h4-16,19-20H,17-18H2,1-3H3,(H,29,34)/t20-/m1/s1. The monoisotopic (exact) mass is 556 g/mol. The average Bonchev–Trinajstić information content (AvgIpc) is 2.90. The molecule has 0 aliphatic rings. The minimum Gasteiger partial charge on any atom is -0.352 e. The van der Waals surface area contributed by atoms with Crippen LogP contribution in [0.5, 0.6) is 0 Å². The van der Waals surface area contributed by atoms with E-state index in [1.807, 2.05) is 0 Å². The highest BCUT2D eigenvalue weighted by atomic mass is 32.2. The van der Waals surface area contributed by atoms with E-state index in [2.05, 4.69) is 5.32 Å². The number of rotatable bonds is 11. The van der Waals surface area contributed by atoms with Crippen LogP contribution < -0.4 is 9.62 Å². The van der Waals surface area contributed by atoms with E-state index in [4.69, 9.17) is 0 Å². The molecule has 0 fully saturated rings. The molecular formula is C27H29FN4O6S. The van der Waals surface area contributed by atoms with Gasteiger partial charge < -0.3 is 10.2 Å². The second-order valence-electron chi connectivity index (χ2n) is 9.05. The van der Waals surface area contributed by atoms with Gasteiger partial charge in [-0.05, 0) is 45.0 Å². The van der Waals surface area contributed by atoms with Crippen LogP contribution in [-0.2, 0) is 26.2 Å². The quantitative estimate of drug-likeness (QED) is 0.282. The van der Waals surface area contributed by atoms with E-state index in [9.17, 15) is 32.5 Å². The summed E-state index contributed by atoms with van der Waals surface area (Å²) in [7, 11) is -4.38. The fraction of sp³-hybridized carbons (Fsp3) is 0.259. The van der Waals surface area contributed by atoms with E-state index in [0.717, 1.165) is 15.3 Å². The number of hydrogen-bond acceptors (Lipinski definition) is 6. The van der Waals surface area contributed by atoms with Crippen LogP contribution in [0.1, 0.15) is 26.3 Å². The van der Waals surface area contributed by atoms with Crippen LogP contribution in [0.2, 0.25) is 0 Å². The van der Waals surface area contributed by atoms with Gasteiger partial charge in [0.2, 0.25) is 11.8 Å². The van der Waals surface area contributed by atoms with Gasteiger partial charge in [0.25, 0.3) is 15.7 Å². The van der Waals surface area contributed by atoms with E-state index in [-0.39, 0.29) is 34.4 Å². The fourth-order valence-corrected chi connectivity index (χ4v) is 5.24. The number of anilines is 1. The maximum atomic E-state index is 14.5. The molecule has 3 rings (SSSR count). The largest absolute Gasteiger partial charge is 0.352 e. The molecule has 0 aliphatic carbocycles. The van der Waals surface area contributed by atoms with Crippen molar-refractivity contribution in [3.05, 3.63) is 100 Å². The number of carbonyl (C=O) groups is 2. The summed E-state index contributed by atoms with van der Waals surface area (Å²) in [4.78, 5) is 38.3. The molecule has 0 unspecified atom stereocenters. The lowest BCUT2D eigenvalue weighted by Crippen LogP contribution is -2.52. The maximum Gasteiger partial charge on any atom is 0.271 e. The van der Waals surface area contributed by atoms with Gasteiger partial charge in [-0.25, -0.2) is 12.8 Å². The summed E-state index contributed by atoms with van der Waals surface area (Å²) in [6, 6.07) is 16.6. The smallest absolute Gasteiger partial charge is 0.271 e. The predicted molar refractivity (Wildman–Crippen MR) is 144 cm³/mol. The highest BCUT2D eigenvalue weighted by Gasteiger charge is 2.33. The number of carbonyl (C=O) groups excluding carboxylic acids is 2. The maximum absolute atomic E-state index is 14.5. The number of amides is 2. The second kappa shape index (κ2) is 12.5. The van der Waals surface area contributed by atoms with Gasteiger partial charge in [-0.3, -0.25) is 24.0 Å². The molecule has 3 aromatic rings. The summed E-state index contributed by atoms with van der Waals surface area (Å²) in [6.07, 6.45) is 0. The topological polar surface area (TPSA) is 130 Å². The Labute approximate surface area is 226 Å². The zero-order valence-corrected chi connectivity index (χ0v) is 22.5. The molecule has 0 saturated heterocycles. The first-order valence-corrected chi connectivity index (χ1v) is 13.5. The molecule has 0 heterocycles. The number of nitrogens with one attached hydrogen (secondary N) is 1. The first-order chi connectivity index (χ1) is 18.4. The lowest BCUT2D eigenvalue weighted by Gasteiger charge is -2.32. The number of nitro benzene ring substituents is 1. The van der Waals surface area contributed by atoms with Gasteiger partial charge in [0.1, 0.15) is 18.4 Å². The molecule has 39 heavy (non-hydrogen) atoms. The van der Waals surface area contributed by atoms with Gasteiger partial charge >= 0.3 is 0 Å². The highest BCUT2D eigenvalue weighted by molar-refractivity contribution is 7.92. The van der Waals surface area contributed by atoms with Gasteiger partial charge in [-0.15, -0.1) is 0 Å². The number of sulfonamides is 1. The highest BCUT2D eigenvalue weighted by Crippen LogP contribution is 2.27. The van der Waals surface area contributed by atoms with Crippen LogP contribution in [0, 0.1) is 15.9 Å². The van der Waals surface area contributed by atoms with E-state index in [1.165, 1.54) is 67.6 Å². The van der Waals surface area contributed by atoms with Crippen LogP contribution in [0.3, 0.4) is 0 Å². The summed E-state index contributed by atoms with van der Waals surface area (Å²) in [5.74, 6) is -1.92. The SMILES string of the molecule is CC(C)NC(=O)[C@@H](C)N(Cc1ccccc1F)C(=O)CN(c1cccc([N+](=O)[O-])c1)S(=O)(=O)c1ccccc1. The van der Waals surface area contributed by atoms with Gasteiger partial charge in [0.05, 0.1) is 15.5 Å². The molecule has 0 radical (unpaired) electrons. The molecule has 0 bridgehead atoms. The third kappa shape index (κ3) is 7.17. The van der Waals surface area contributed by atoms with Crippen molar-refractivity contribution in [1.82, 2.24) is 10.2 Å². The zero-order chi connectivity index (χ0) is 28.7. The summed E-state index contributed by atoms with van der Waals surface area (Å²) < 4.78 is 42.6. The number of hydrogen-bond donors (Lipinski definition) is 1. The lowest BCUT2D eigenvalue weighted by atomic mass is 10.1. The number of halogens is 1. The van der Waals surface area contributed by atoms with Gasteiger partial charge in [0, 0.05) is 30.3 Å². The number of benzene rings is 3. The average molecular weight is 557 g/mol. The normalized spacial score (nSPS) is 12.0. The van der Waals surface area contributed by atoms with Crippen molar-refractivity contribution in [2.45, 2.75) is 44.3 Å². The van der Waals surface area contributed by atoms with Crippen molar-refractivity contribution in [1.29, 1.82) is 0 Å². The third-order valence-electron chi connectivity index (χ3n) is 5.84. The Kier molecular flexibility index (Phi) is 9.36. The molecule has 1 atom stereocenters. The Hall–Kier alpha value is -4.32. The predicted octanol–water partition coefficient (Wildman–Crippen LogP) is 3.87. The Morgan fingerprint density at radius 2 is 1.62 bits per heavy atom. The Morgan fingerprint density at radius 1 is 0.974 bits per heavy atom. The molecule has 0 saturated carbocycles. The molecule has 0 aromatic heterocycles. The molecule has 3 aromatic carbocycles. The van der Waals surface area contributed by atoms with E-state index >= 15 is 0 Å². The first kappa shape index (κ1) is 29.2. The molecule has 206 valence electrons. The van der Waals surface area contributed by atoms with Crippen LogP contribution in [-0.4, -0.2) is 48.7 Å². The van der Waals surface area contributed by atoms with E-state index in [0.29, 0.717) is 0 Å². The number of nitro groups is 1. The number of non-ortho nitro benzene ring substituents is 1. The van der Waals surface area contributed by atoms with Crippen molar-refractivity contribution in [3.8, 4) is 0 Å². The summed E-state index contributed by atoms with van der Waals surface area (Å²) in [5.41, 5.74) is -0.365. The van der Waals surface area contributed by atoms with E-state index in [1.54, 1.807) is 26.0 Å². The molecule has 10 nitrogen and oxygen atoms in total. The Morgan fingerprint density at radius 3 is 2.23 bits per heavy atom. The zero-order valence-electron chi connectivity index (χ0n) is 21.7. The number of nitrogens with zero attached hydrogens (tertiary/aromatic N) is 3. The van der Waals surface area contributed by atoms with Crippen LogP contribution >= 0.6 is 0 Å². The summed E-state index contributed by atoms with van der Waals surface area (Å²) in [6.45, 7) is 3.83. The molecular weight excluding hydrogens is 527 g/mol. The molecule has 1 N–H and O–H groups in total. The molecule has 0 aliphatic heterocycles. The van der Waals surface area contributed by atoms with Gasteiger partial charge in [-0.1, -0.05) is 42.5 Å². The van der Waals surface area contributed by atoms with Crippen molar-refractivity contribution in [2.24, 2.45) is 0 Å². The van der Waals surface area contributed by atoms with Crippen LogP contribution in [0.15, 0.2) is 83.8 Å². The van der Waals surface area contributed by atoms with E-state index < -0.39 is 45.2 Å². The van der Waals surface area contributed by atoms with Crippen molar-refractivity contribution in [2.75, 3.05) is 10.8 Å². The first-order valence-electron chi connectivity index (χ1n) is 12.1. The Bertz CT molecular complexity index is 1450. The minimum atomic E-state index is -4.38. The lowest BCUT2D eigenvalue weighted by molar-refractivity contribution is -0.384. The van der Waals surface area contributed by atoms with Crippen molar-refractivity contribution >= 4 is 33.2 Å². The van der Waals surface area contributed by atoms with Gasteiger partial charge in [-0.2, -0.15) is 0 Å². The summed E-state index contributed by atoms with van der Waals surface area (Å²) >= 11 is 0. The minimum absolute atomic E-state index is 0.119. The van der Waals surface area contributed by atoms with Crippen LogP contribution in [0.4, 0.5) is 15.8 Å². The molecule has 2 amide bonds. The van der Waals surface area contributed by atoms with Crippen LogP contribution in [0.25, 0.3) is 0 Å². The fourth-order valence-electron chi connectivity index (χ4n) is 3.81. The third-order valence-corrected chi connectivity index (χ3v) is 7.62. The molecule has 12 heteroatoms. The second-order valence-corrected chi connectivity index (χ2v) is 10.9. The molecule has 0 spiro atoms.